The van der Waals surface area contributed by atoms with E-state index in [1.165, 1.54) is 0 Å². The lowest BCUT2D eigenvalue weighted by molar-refractivity contribution is -0.130. The van der Waals surface area contributed by atoms with Crippen molar-refractivity contribution >= 4 is 50.8 Å². The van der Waals surface area contributed by atoms with E-state index in [0.29, 0.717) is 34.7 Å². The number of ether oxygens (including phenoxy) is 1. The monoisotopic (exact) mass is 559 g/mol. The highest BCUT2D eigenvalue weighted by molar-refractivity contribution is 9.10. The van der Waals surface area contributed by atoms with Gasteiger partial charge in [-0.05, 0) is 77.2 Å². The van der Waals surface area contributed by atoms with Gasteiger partial charge in [0, 0.05) is 49.0 Å². The summed E-state index contributed by atoms with van der Waals surface area (Å²) in [6, 6.07) is 12.1. The molecular formula is C25H27BrClN5O3. The molecule has 4 rings (SSSR count). The molecule has 1 aliphatic heterocycles. The molecule has 0 unspecified atom stereocenters. The molecule has 1 saturated heterocycles. The lowest BCUT2D eigenvalue weighted by Crippen LogP contribution is -2.38. The van der Waals surface area contributed by atoms with Crippen LogP contribution in [-0.4, -0.2) is 46.3 Å². The number of halogens is 2. The number of anilines is 2. The number of hydrogen-bond acceptors (Lipinski definition) is 4. The third-order valence-corrected chi connectivity index (χ3v) is 6.86. The first kappa shape index (κ1) is 25.1. The van der Waals surface area contributed by atoms with Crippen LogP contribution in [0, 0.1) is 5.92 Å². The standard InChI is InChI=1S/C25H27BrClN5O3/c1-16(33)32-11-9-17(10-12-32)15-35-23-8-7-20(13-21(23)24-22(26)14-28-31(24)2)30-25(34)29-19-5-3-18(27)4-6-19/h3-8,13-14,17H,9-12,15H2,1-2H3,(H2,29,30,34). The van der Waals surface area contributed by atoms with Crippen molar-refractivity contribution in [3.63, 3.8) is 0 Å². The predicted octanol–water partition coefficient (Wildman–Crippen LogP) is 5.78. The summed E-state index contributed by atoms with van der Waals surface area (Å²) in [5.41, 5.74) is 2.90. The predicted molar refractivity (Wildman–Crippen MR) is 141 cm³/mol. The van der Waals surface area contributed by atoms with Gasteiger partial charge < -0.3 is 20.3 Å². The Kier molecular flexibility index (Phi) is 7.97. The van der Waals surface area contributed by atoms with Crippen LogP contribution < -0.4 is 15.4 Å². The van der Waals surface area contributed by atoms with Gasteiger partial charge in [0.1, 0.15) is 5.75 Å². The Morgan fingerprint density at radius 2 is 1.77 bits per heavy atom. The number of nitrogens with one attached hydrogen (secondary N) is 2. The molecule has 3 aromatic rings. The number of likely N-dealkylation sites (tertiary alicyclic amines) is 1. The number of carbonyl (C=O) groups is 2. The minimum absolute atomic E-state index is 0.121. The number of urea groups is 1. The zero-order valence-corrected chi connectivity index (χ0v) is 21.9. The highest BCUT2D eigenvalue weighted by atomic mass is 79.9. The number of carbonyl (C=O) groups excluding carboxylic acids is 2. The summed E-state index contributed by atoms with van der Waals surface area (Å²) in [6.07, 6.45) is 3.55. The van der Waals surface area contributed by atoms with E-state index in [1.807, 2.05) is 30.1 Å². The topological polar surface area (TPSA) is 88.5 Å². The summed E-state index contributed by atoms with van der Waals surface area (Å²) >= 11 is 9.49. The first-order chi connectivity index (χ1) is 16.8. The van der Waals surface area contributed by atoms with Crippen LogP contribution in [0.4, 0.5) is 16.2 Å². The Bertz CT molecular complexity index is 1190. The molecular weight excluding hydrogens is 534 g/mol. The van der Waals surface area contributed by atoms with Crippen LogP contribution in [0.2, 0.25) is 5.02 Å². The van der Waals surface area contributed by atoms with E-state index < -0.39 is 0 Å². The maximum absolute atomic E-state index is 12.5. The number of aromatic nitrogens is 2. The van der Waals surface area contributed by atoms with Crippen molar-refractivity contribution in [2.45, 2.75) is 19.8 Å². The van der Waals surface area contributed by atoms with Crippen molar-refractivity contribution in [3.05, 3.63) is 58.2 Å². The normalized spacial score (nSPS) is 14.0. The molecule has 0 bridgehead atoms. The van der Waals surface area contributed by atoms with Crippen molar-refractivity contribution in [1.82, 2.24) is 14.7 Å². The molecule has 1 fully saturated rings. The van der Waals surface area contributed by atoms with E-state index >= 15 is 0 Å². The minimum atomic E-state index is -0.367. The zero-order chi connectivity index (χ0) is 24.9. The van der Waals surface area contributed by atoms with Gasteiger partial charge in [0.2, 0.25) is 5.91 Å². The van der Waals surface area contributed by atoms with E-state index in [9.17, 15) is 9.59 Å². The van der Waals surface area contributed by atoms with E-state index in [-0.39, 0.29) is 11.9 Å². The van der Waals surface area contributed by atoms with Gasteiger partial charge >= 0.3 is 6.03 Å². The fraction of sp³-hybridized carbons (Fsp3) is 0.320. The summed E-state index contributed by atoms with van der Waals surface area (Å²) in [6.45, 7) is 3.68. The smallest absolute Gasteiger partial charge is 0.323 e. The summed E-state index contributed by atoms with van der Waals surface area (Å²) in [7, 11) is 1.86. The summed E-state index contributed by atoms with van der Waals surface area (Å²) in [5, 5.41) is 10.6. The summed E-state index contributed by atoms with van der Waals surface area (Å²) in [5.74, 6) is 1.19. The van der Waals surface area contributed by atoms with Gasteiger partial charge in [-0.2, -0.15) is 5.10 Å². The number of hydrogen-bond donors (Lipinski definition) is 2. The lowest BCUT2D eigenvalue weighted by atomic mass is 9.98. The number of nitrogens with zero attached hydrogens (tertiary/aromatic N) is 3. The lowest BCUT2D eigenvalue weighted by Gasteiger charge is -2.31. The van der Waals surface area contributed by atoms with E-state index in [0.717, 1.165) is 41.7 Å². The van der Waals surface area contributed by atoms with E-state index in [4.69, 9.17) is 16.3 Å². The Morgan fingerprint density at radius 1 is 1.11 bits per heavy atom. The molecule has 8 nitrogen and oxygen atoms in total. The Morgan fingerprint density at radius 3 is 2.40 bits per heavy atom. The minimum Gasteiger partial charge on any atom is -0.493 e. The van der Waals surface area contributed by atoms with Gasteiger partial charge in [0.05, 0.1) is 23.0 Å². The van der Waals surface area contributed by atoms with Crippen LogP contribution in [0.5, 0.6) is 5.75 Å². The molecule has 184 valence electrons. The van der Waals surface area contributed by atoms with E-state index in [1.54, 1.807) is 42.1 Å². The highest BCUT2D eigenvalue weighted by Crippen LogP contribution is 2.37. The van der Waals surface area contributed by atoms with Crippen LogP contribution in [0.15, 0.2) is 53.1 Å². The SMILES string of the molecule is CC(=O)N1CCC(COc2ccc(NC(=O)Nc3ccc(Cl)cc3)cc2-c2c(Br)cnn2C)CC1. The fourth-order valence-electron chi connectivity index (χ4n) is 4.08. The number of rotatable bonds is 6. The maximum atomic E-state index is 12.5. The Hall–Kier alpha value is -3.04. The molecule has 0 aliphatic carbocycles. The van der Waals surface area contributed by atoms with Gasteiger partial charge in [0.25, 0.3) is 0 Å². The zero-order valence-electron chi connectivity index (χ0n) is 19.6. The molecule has 2 aromatic carbocycles. The molecule has 2 heterocycles. The molecule has 2 N–H and O–H groups in total. The summed E-state index contributed by atoms with van der Waals surface area (Å²) in [4.78, 5) is 26.0. The van der Waals surface area contributed by atoms with Crippen LogP contribution in [0.25, 0.3) is 11.3 Å². The number of benzene rings is 2. The average molecular weight is 561 g/mol. The molecule has 10 heteroatoms. The third kappa shape index (κ3) is 6.35. The van der Waals surface area contributed by atoms with E-state index in [2.05, 4.69) is 31.7 Å². The molecule has 3 amide bonds. The second-order valence-electron chi connectivity index (χ2n) is 8.52. The average Bonchev–Trinajstić information content (AvgIpc) is 3.17. The van der Waals surface area contributed by atoms with Gasteiger partial charge in [-0.25, -0.2) is 4.79 Å². The van der Waals surface area contributed by atoms with Crippen LogP contribution in [0.3, 0.4) is 0 Å². The van der Waals surface area contributed by atoms with Gasteiger partial charge in [-0.1, -0.05) is 11.6 Å². The first-order valence-corrected chi connectivity index (χ1v) is 12.5. The molecule has 0 saturated carbocycles. The second-order valence-corrected chi connectivity index (χ2v) is 9.81. The Labute approximate surface area is 217 Å². The van der Waals surface area contributed by atoms with Crippen molar-refractivity contribution in [3.8, 4) is 17.0 Å². The highest BCUT2D eigenvalue weighted by Gasteiger charge is 2.22. The quantitative estimate of drug-likeness (QED) is 0.400. The molecule has 1 aromatic heterocycles. The molecule has 0 radical (unpaired) electrons. The number of aryl methyl sites for hydroxylation is 1. The van der Waals surface area contributed by atoms with Crippen LogP contribution in [-0.2, 0) is 11.8 Å². The number of amides is 3. The van der Waals surface area contributed by atoms with Crippen molar-refractivity contribution in [2.75, 3.05) is 30.3 Å². The van der Waals surface area contributed by atoms with Gasteiger partial charge in [0.15, 0.2) is 0 Å². The van der Waals surface area contributed by atoms with Gasteiger partial charge in [-0.3, -0.25) is 9.48 Å². The Balaban J connectivity index is 1.49. The van der Waals surface area contributed by atoms with Crippen molar-refractivity contribution < 1.29 is 14.3 Å². The molecule has 35 heavy (non-hydrogen) atoms. The molecule has 1 aliphatic rings. The third-order valence-electron chi connectivity index (χ3n) is 6.02. The largest absolute Gasteiger partial charge is 0.493 e. The maximum Gasteiger partial charge on any atom is 0.323 e. The summed E-state index contributed by atoms with van der Waals surface area (Å²) < 4.78 is 8.85. The first-order valence-electron chi connectivity index (χ1n) is 11.3. The molecule has 0 spiro atoms. The fourth-order valence-corrected chi connectivity index (χ4v) is 4.77. The van der Waals surface area contributed by atoms with Crippen LogP contribution in [0.1, 0.15) is 19.8 Å². The van der Waals surface area contributed by atoms with Crippen molar-refractivity contribution in [1.29, 1.82) is 0 Å². The van der Waals surface area contributed by atoms with Crippen molar-refractivity contribution in [2.24, 2.45) is 13.0 Å². The number of piperidine rings is 1. The van der Waals surface area contributed by atoms with Crippen LogP contribution >= 0.6 is 27.5 Å². The molecule has 0 atom stereocenters. The second kappa shape index (κ2) is 11.1. The van der Waals surface area contributed by atoms with Gasteiger partial charge in [-0.15, -0.1) is 0 Å².